The molecule has 3 rings (SSSR count). The maximum absolute atomic E-state index is 12.7. The second kappa shape index (κ2) is 5.32. The van der Waals surface area contributed by atoms with Crippen molar-refractivity contribution in [2.45, 2.75) is 25.6 Å². The van der Waals surface area contributed by atoms with Crippen LogP contribution in [0.5, 0.6) is 0 Å². The molecule has 1 aromatic rings. The predicted octanol–water partition coefficient (Wildman–Crippen LogP) is 3.19. The van der Waals surface area contributed by atoms with Crippen LogP contribution in [-0.2, 0) is 6.18 Å². The molecule has 2 aliphatic rings. The van der Waals surface area contributed by atoms with E-state index in [2.05, 4.69) is 22.1 Å². The van der Waals surface area contributed by atoms with Gasteiger partial charge in [0.1, 0.15) is 5.82 Å². The van der Waals surface area contributed by atoms with Crippen molar-refractivity contribution in [3.63, 3.8) is 0 Å². The second-order valence-corrected chi connectivity index (χ2v) is 6.14. The molecule has 0 amide bonds. The Kier molecular flexibility index (Phi) is 3.78. The molecule has 7 heteroatoms. The Hall–Kier alpha value is -1.01. The monoisotopic (exact) mass is 319 g/mol. The molecule has 0 spiro atoms. The van der Waals surface area contributed by atoms with E-state index in [4.69, 9.17) is 11.6 Å². The van der Waals surface area contributed by atoms with Gasteiger partial charge in [0.2, 0.25) is 0 Å². The number of nitrogens with zero attached hydrogens (tertiary/aromatic N) is 2. The van der Waals surface area contributed by atoms with E-state index in [0.29, 0.717) is 17.7 Å². The number of rotatable bonds is 2. The lowest BCUT2D eigenvalue weighted by molar-refractivity contribution is -0.137. The van der Waals surface area contributed by atoms with Crippen molar-refractivity contribution in [1.82, 2.24) is 10.3 Å². The number of halogens is 4. The molecule has 0 radical (unpaired) electrons. The van der Waals surface area contributed by atoms with Crippen LogP contribution in [0, 0.1) is 11.8 Å². The second-order valence-electron chi connectivity index (χ2n) is 5.74. The van der Waals surface area contributed by atoms with Crippen LogP contribution in [0.15, 0.2) is 12.3 Å². The zero-order valence-electron chi connectivity index (χ0n) is 11.6. The van der Waals surface area contributed by atoms with Crippen molar-refractivity contribution in [2.75, 3.05) is 24.5 Å². The highest BCUT2D eigenvalue weighted by atomic mass is 35.5. The molecule has 0 bridgehead atoms. The molecule has 2 aliphatic heterocycles. The standard InChI is InChI=1S/C14H17ClF3N3/c1-2-12-10-6-19-4-8(10)7-21(12)13-11(15)3-9(5-20-13)14(16,17)18/h3,5,8,10,12,19H,2,4,6-7H2,1H3. The van der Waals surface area contributed by atoms with Gasteiger partial charge in [-0.25, -0.2) is 4.98 Å². The summed E-state index contributed by atoms with van der Waals surface area (Å²) in [6, 6.07) is 1.26. The first kappa shape index (κ1) is 14.9. The fourth-order valence-corrected chi connectivity index (χ4v) is 3.86. The van der Waals surface area contributed by atoms with E-state index < -0.39 is 11.7 Å². The van der Waals surface area contributed by atoms with E-state index in [-0.39, 0.29) is 11.1 Å². The summed E-state index contributed by atoms with van der Waals surface area (Å²) in [7, 11) is 0. The quantitative estimate of drug-likeness (QED) is 0.907. The van der Waals surface area contributed by atoms with Crippen LogP contribution >= 0.6 is 11.6 Å². The summed E-state index contributed by atoms with van der Waals surface area (Å²) in [5.41, 5.74) is -0.801. The minimum absolute atomic E-state index is 0.0798. The van der Waals surface area contributed by atoms with Crippen LogP contribution in [0.25, 0.3) is 0 Å². The van der Waals surface area contributed by atoms with Crippen LogP contribution in [0.3, 0.4) is 0 Å². The van der Waals surface area contributed by atoms with Gasteiger partial charge < -0.3 is 10.2 Å². The summed E-state index contributed by atoms with van der Waals surface area (Å²) < 4.78 is 38.1. The summed E-state index contributed by atoms with van der Waals surface area (Å²) in [6.07, 6.45) is -2.60. The Balaban J connectivity index is 1.90. The Labute approximate surface area is 126 Å². The van der Waals surface area contributed by atoms with Crippen molar-refractivity contribution in [2.24, 2.45) is 11.8 Å². The molecule has 0 aliphatic carbocycles. The van der Waals surface area contributed by atoms with Crippen molar-refractivity contribution in [3.05, 3.63) is 22.8 Å². The molecule has 2 saturated heterocycles. The highest BCUT2D eigenvalue weighted by Crippen LogP contribution is 2.40. The molecule has 3 unspecified atom stereocenters. The van der Waals surface area contributed by atoms with Gasteiger partial charge in [-0.15, -0.1) is 0 Å². The van der Waals surface area contributed by atoms with Crippen molar-refractivity contribution in [1.29, 1.82) is 0 Å². The number of aromatic nitrogens is 1. The number of fused-ring (bicyclic) bond motifs is 1. The average Bonchev–Trinajstić information content (AvgIpc) is 2.97. The summed E-state index contributed by atoms with van der Waals surface area (Å²) in [6.45, 7) is 4.80. The first-order valence-electron chi connectivity index (χ1n) is 7.12. The van der Waals surface area contributed by atoms with Crippen molar-refractivity contribution >= 4 is 17.4 Å². The molecule has 116 valence electrons. The van der Waals surface area contributed by atoms with Crippen molar-refractivity contribution < 1.29 is 13.2 Å². The molecule has 1 N–H and O–H groups in total. The molecule has 0 aromatic carbocycles. The van der Waals surface area contributed by atoms with Gasteiger partial charge >= 0.3 is 6.18 Å². The third-order valence-electron chi connectivity index (χ3n) is 4.56. The van der Waals surface area contributed by atoms with Crippen LogP contribution in [-0.4, -0.2) is 30.7 Å². The number of anilines is 1. The largest absolute Gasteiger partial charge is 0.417 e. The van der Waals surface area contributed by atoms with E-state index in [1.165, 1.54) is 0 Å². The smallest absolute Gasteiger partial charge is 0.352 e. The minimum Gasteiger partial charge on any atom is -0.352 e. The third kappa shape index (κ3) is 2.59. The van der Waals surface area contributed by atoms with Gasteiger partial charge in [0.05, 0.1) is 10.6 Å². The first-order chi connectivity index (χ1) is 9.91. The predicted molar refractivity (Wildman–Crippen MR) is 75.5 cm³/mol. The lowest BCUT2D eigenvalue weighted by Gasteiger charge is -2.28. The van der Waals surface area contributed by atoms with E-state index >= 15 is 0 Å². The molecule has 1 aromatic heterocycles. The van der Waals surface area contributed by atoms with Gasteiger partial charge in [-0.05, 0) is 24.3 Å². The van der Waals surface area contributed by atoms with Crippen LogP contribution in [0.1, 0.15) is 18.9 Å². The molecular formula is C14H17ClF3N3. The number of hydrogen-bond donors (Lipinski definition) is 1. The summed E-state index contributed by atoms with van der Waals surface area (Å²) in [5.74, 6) is 1.52. The lowest BCUT2D eigenvalue weighted by atomic mass is 9.93. The Bertz CT molecular complexity index is 535. The first-order valence-corrected chi connectivity index (χ1v) is 7.49. The topological polar surface area (TPSA) is 28.2 Å². The zero-order chi connectivity index (χ0) is 15.2. The summed E-state index contributed by atoms with van der Waals surface area (Å²) in [4.78, 5) is 6.09. The Morgan fingerprint density at radius 2 is 2.19 bits per heavy atom. The van der Waals surface area contributed by atoms with Gasteiger partial charge in [-0.1, -0.05) is 18.5 Å². The van der Waals surface area contributed by atoms with E-state index in [0.717, 1.165) is 38.3 Å². The van der Waals surface area contributed by atoms with E-state index in [1.54, 1.807) is 0 Å². The molecule has 3 atom stereocenters. The summed E-state index contributed by atoms with van der Waals surface area (Å²) in [5, 5.41) is 3.46. The molecular weight excluding hydrogens is 303 g/mol. The van der Waals surface area contributed by atoms with E-state index in [9.17, 15) is 13.2 Å². The lowest BCUT2D eigenvalue weighted by Crippen LogP contribution is -2.35. The SMILES string of the molecule is CCC1C2CNCC2CN1c1ncc(C(F)(F)F)cc1Cl. The number of alkyl halides is 3. The van der Waals surface area contributed by atoms with Gasteiger partial charge in [0.15, 0.2) is 0 Å². The van der Waals surface area contributed by atoms with Gasteiger partial charge in [-0.2, -0.15) is 13.2 Å². The van der Waals surface area contributed by atoms with Crippen LogP contribution < -0.4 is 10.2 Å². The van der Waals surface area contributed by atoms with Crippen LogP contribution in [0.2, 0.25) is 5.02 Å². The maximum Gasteiger partial charge on any atom is 0.417 e. The molecule has 3 nitrogen and oxygen atoms in total. The number of nitrogens with one attached hydrogen (secondary N) is 1. The van der Waals surface area contributed by atoms with Gasteiger partial charge in [0, 0.05) is 31.9 Å². The Morgan fingerprint density at radius 3 is 2.81 bits per heavy atom. The minimum atomic E-state index is -4.41. The fourth-order valence-electron chi connectivity index (χ4n) is 3.59. The van der Waals surface area contributed by atoms with Crippen molar-refractivity contribution in [3.8, 4) is 0 Å². The number of pyridine rings is 1. The normalized spacial score (nSPS) is 29.0. The molecule has 0 saturated carbocycles. The maximum atomic E-state index is 12.7. The molecule has 2 fully saturated rings. The van der Waals surface area contributed by atoms with Gasteiger partial charge in [0.25, 0.3) is 0 Å². The third-order valence-corrected chi connectivity index (χ3v) is 4.84. The van der Waals surface area contributed by atoms with E-state index in [1.807, 2.05) is 0 Å². The fraction of sp³-hybridized carbons (Fsp3) is 0.643. The van der Waals surface area contributed by atoms with Crippen LogP contribution in [0.4, 0.5) is 19.0 Å². The molecule has 21 heavy (non-hydrogen) atoms. The highest BCUT2D eigenvalue weighted by molar-refractivity contribution is 6.33. The average molecular weight is 320 g/mol. The summed E-state index contributed by atoms with van der Waals surface area (Å²) >= 11 is 6.07. The number of hydrogen-bond acceptors (Lipinski definition) is 3. The highest BCUT2D eigenvalue weighted by Gasteiger charge is 2.44. The zero-order valence-corrected chi connectivity index (χ0v) is 12.4. The van der Waals surface area contributed by atoms with Gasteiger partial charge in [-0.3, -0.25) is 0 Å². The Morgan fingerprint density at radius 1 is 1.43 bits per heavy atom. The molecule has 3 heterocycles.